The Bertz CT molecular complexity index is 601. The summed E-state index contributed by atoms with van der Waals surface area (Å²) in [5.41, 5.74) is 0.558. The van der Waals surface area contributed by atoms with E-state index >= 15 is 0 Å². The fourth-order valence-electron chi connectivity index (χ4n) is 2.24. The van der Waals surface area contributed by atoms with Crippen LogP contribution in [0.15, 0.2) is 29.2 Å². The fraction of sp³-hybridized carbons (Fsp3) is 0.500. The molecule has 3 N–H and O–H groups in total. The molecule has 116 valence electrons. The van der Waals surface area contributed by atoms with Crippen molar-refractivity contribution in [3.05, 3.63) is 24.3 Å². The Morgan fingerprint density at radius 1 is 1.33 bits per heavy atom. The maximum Gasteiger partial charge on any atom is 0.243 e. The Morgan fingerprint density at radius 3 is 2.81 bits per heavy atom. The van der Waals surface area contributed by atoms with Gasteiger partial charge in [0.05, 0.1) is 5.69 Å². The van der Waals surface area contributed by atoms with E-state index in [2.05, 4.69) is 15.4 Å². The standard InChI is InChI=1S/C14H21N3O3S/c1-2-9-15-11-6-3-4-8-13(11)21(19,20)17-12-7-5-10-16-14(12)18/h3-4,6,8,12,15,17H,2,5,7,9-10H2,1H3,(H,16,18). The number of amides is 1. The molecular weight excluding hydrogens is 290 g/mol. The average Bonchev–Trinajstić information content (AvgIpc) is 2.47. The minimum absolute atomic E-state index is 0.178. The number of carbonyl (C=O) groups is 1. The van der Waals surface area contributed by atoms with Crippen LogP contribution in [0.4, 0.5) is 5.69 Å². The van der Waals surface area contributed by atoms with Crippen molar-refractivity contribution in [1.29, 1.82) is 0 Å². The minimum atomic E-state index is -3.73. The number of rotatable bonds is 6. The Balaban J connectivity index is 2.20. The van der Waals surface area contributed by atoms with Crippen LogP contribution in [0.3, 0.4) is 0 Å². The molecule has 1 aromatic rings. The highest BCUT2D eigenvalue weighted by Gasteiger charge is 2.28. The smallest absolute Gasteiger partial charge is 0.243 e. The van der Waals surface area contributed by atoms with Gasteiger partial charge in [0.25, 0.3) is 0 Å². The molecule has 1 saturated heterocycles. The maximum absolute atomic E-state index is 12.5. The van der Waals surface area contributed by atoms with Gasteiger partial charge in [-0.2, -0.15) is 4.72 Å². The molecule has 1 aromatic carbocycles. The fourth-order valence-corrected chi connectivity index (χ4v) is 3.66. The van der Waals surface area contributed by atoms with E-state index in [4.69, 9.17) is 0 Å². The van der Waals surface area contributed by atoms with E-state index in [0.29, 0.717) is 25.2 Å². The number of para-hydroxylation sites is 1. The van der Waals surface area contributed by atoms with E-state index in [1.165, 1.54) is 0 Å². The molecule has 1 fully saturated rings. The molecule has 1 aliphatic rings. The zero-order valence-electron chi connectivity index (χ0n) is 12.1. The Morgan fingerprint density at radius 2 is 2.10 bits per heavy atom. The van der Waals surface area contributed by atoms with E-state index < -0.39 is 16.1 Å². The zero-order valence-corrected chi connectivity index (χ0v) is 12.9. The minimum Gasteiger partial charge on any atom is -0.384 e. The molecule has 0 aliphatic carbocycles. The number of hydrogen-bond donors (Lipinski definition) is 3. The lowest BCUT2D eigenvalue weighted by Gasteiger charge is -2.23. The zero-order chi connectivity index (χ0) is 15.3. The number of hydrogen-bond acceptors (Lipinski definition) is 4. The first-order valence-corrected chi connectivity index (χ1v) is 8.66. The number of piperidine rings is 1. The van der Waals surface area contributed by atoms with Gasteiger partial charge < -0.3 is 10.6 Å². The second-order valence-electron chi connectivity index (χ2n) is 5.03. The molecule has 1 unspecified atom stereocenters. The summed E-state index contributed by atoms with van der Waals surface area (Å²) in [4.78, 5) is 11.9. The molecular formula is C14H21N3O3S. The molecule has 1 heterocycles. The van der Waals surface area contributed by atoms with Gasteiger partial charge in [-0.05, 0) is 31.4 Å². The van der Waals surface area contributed by atoms with Crippen molar-refractivity contribution in [1.82, 2.24) is 10.0 Å². The highest BCUT2D eigenvalue weighted by Crippen LogP contribution is 2.21. The van der Waals surface area contributed by atoms with Crippen LogP contribution in [-0.4, -0.2) is 33.5 Å². The number of sulfonamides is 1. The summed E-state index contributed by atoms with van der Waals surface area (Å²) in [7, 11) is -3.73. The molecule has 7 heteroatoms. The van der Waals surface area contributed by atoms with Gasteiger partial charge in [-0.1, -0.05) is 19.1 Å². The molecule has 0 aromatic heterocycles. The summed E-state index contributed by atoms with van der Waals surface area (Å²) in [5, 5.41) is 5.77. The van der Waals surface area contributed by atoms with Gasteiger partial charge in [0.1, 0.15) is 10.9 Å². The highest BCUT2D eigenvalue weighted by molar-refractivity contribution is 7.89. The third kappa shape index (κ3) is 3.95. The van der Waals surface area contributed by atoms with Crippen molar-refractivity contribution >= 4 is 21.6 Å². The SMILES string of the molecule is CCCNc1ccccc1S(=O)(=O)NC1CCCNC1=O. The average molecular weight is 311 g/mol. The first-order chi connectivity index (χ1) is 10.0. The van der Waals surface area contributed by atoms with Crippen LogP contribution in [0.1, 0.15) is 26.2 Å². The number of benzene rings is 1. The lowest BCUT2D eigenvalue weighted by atomic mass is 10.1. The predicted octanol–water partition coefficient (Wildman–Crippen LogP) is 1.07. The summed E-state index contributed by atoms with van der Waals surface area (Å²) in [6, 6.07) is 6.03. The van der Waals surface area contributed by atoms with E-state index in [1.54, 1.807) is 24.3 Å². The van der Waals surface area contributed by atoms with Crippen LogP contribution in [-0.2, 0) is 14.8 Å². The summed E-state index contributed by atoms with van der Waals surface area (Å²) < 4.78 is 27.5. The molecule has 2 rings (SSSR count). The van der Waals surface area contributed by atoms with Gasteiger partial charge in [-0.25, -0.2) is 8.42 Å². The molecule has 1 atom stereocenters. The van der Waals surface area contributed by atoms with Crippen molar-refractivity contribution < 1.29 is 13.2 Å². The van der Waals surface area contributed by atoms with Gasteiger partial charge >= 0.3 is 0 Å². The van der Waals surface area contributed by atoms with E-state index in [1.807, 2.05) is 6.92 Å². The third-order valence-corrected chi connectivity index (χ3v) is 4.85. The Labute approximate surface area is 125 Å². The third-order valence-electron chi connectivity index (χ3n) is 3.32. The van der Waals surface area contributed by atoms with Gasteiger partial charge in [0, 0.05) is 13.1 Å². The van der Waals surface area contributed by atoms with Crippen LogP contribution in [0.25, 0.3) is 0 Å². The van der Waals surface area contributed by atoms with Gasteiger partial charge in [-0.3, -0.25) is 4.79 Å². The maximum atomic E-state index is 12.5. The van der Waals surface area contributed by atoms with Crippen molar-refractivity contribution in [3.8, 4) is 0 Å². The predicted molar refractivity (Wildman–Crippen MR) is 81.6 cm³/mol. The Hall–Kier alpha value is -1.60. The summed E-state index contributed by atoms with van der Waals surface area (Å²) >= 11 is 0. The van der Waals surface area contributed by atoms with Crippen molar-refractivity contribution in [2.24, 2.45) is 0 Å². The first-order valence-electron chi connectivity index (χ1n) is 7.17. The van der Waals surface area contributed by atoms with Crippen molar-refractivity contribution in [2.45, 2.75) is 37.1 Å². The Kier molecular flexibility index (Phi) is 5.19. The van der Waals surface area contributed by atoms with E-state index in [9.17, 15) is 13.2 Å². The second kappa shape index (κ2) is 6.91. The molecule has 0 radical (unpaired) electrons. The van der Waals surface area contributed by atoms with E-state index in [-0.39, 0.29) is 10.8 Å². The lowest BCUT2D eigenvalue weighted by Crippen LogP contribution is -2.50. The number of anilines is 1. The molecule has 0 saturated carbocycles. The molecule has 0 bridgehead atoms. The van der Waals surface area contributed by atoms with Crippen LogP contribution >= 0.6 is 0 Å². The molecule has 6 nitrogen and oxygen atoms in total. The van der Waals surface area contributed by atoms with Crippen LogP contribution in [0, 0.1) is 0 Å². The molecule has 1 aliphatic heterocycles. The van der Waals surface area contributed by atoms with Crippen molar-refractivity contribution in [2.75, 3.05) is 18.4 Å². The number of nitrogens with one attached hydrogen (secondary N) is 3. The lowest BCUT2D eigenvalue weighted by molar-refractivity contribution is -0.124. The highest BCUT2D eigenvalue weighted by atomic mass is 32.2. The topological polar surface area (TPSA) is 87.3 Å². The quantitative estimate of drug-likeness (QED) is 0.733. The molecule has 0 spiro atoms. The summed E-state index contributed by atoms with van der Waals surface area (Å²) in [6.07, 6.45) is 2.19. The summed E-state index contributed by atoms with van der Waals surface area (Å²) in [5.74, 6) is -0.260. The van der Waals surface area contributed by atoms with Crippen LogP contribution in [0.2, 0.25) is 0 Å². The van der Waals surface area contributed by atoms with E-state index in [0.717, 1.165) is 12.8 Å². The van der Waals surface area contributed by atoms with Gasteiger partial charge in [-0.15, -0.1) is 0 Å². The first kappa shape index (κ1) is 15.8. The summed E-state index contributed by atoms with van der Waals surface area (Å²) in [6.45, 7) is 3.30. The normalized spacial score (nSPS) is 19.1. The van der Waals surface area contributed by atoms with Crippen LogP contribution in [0.5, 0.6) is 0 Å². The van der Waals surface area contributed by atoms with Crippen LogP contribution < -0.4 is 15.4 Å². The largest absolute Gasteiger partial charge is 0.384 e. The van der Waals surface area contributed by atoms with Gasteiger partial charge in [0.15, 0.2) is 0 Å². The number of carbonyl (C=O) groups excluding carboxylic acids is 1. The van der Waals surface area contributed by atoms with Gasteiger partial charge in [0.2, 0.25) is 15.9 Å². The monoisotopic (exact) mass is 311 g/mol. The molecule has 21 heavy (non-hydrogen) atoms. The second-order valence-corrected chi connectivity index (χ2v) is 6.71. The van der Waals surface area contributed by atoms with Crippen molar-refractivity contribution in [3.63, 3.8) is 0 Å². The molecule has 1 amide bonds.